The molecule has 0 fully saturated rings. The number of nitrogens with two attached hydrogens (primary N) is 1. The number of carbonyl (C=O) groups excluding carboxylic acids is 1. The summed E-state index contributed by atoms with van der Waals surface area (Å²) >= 11 is 0. The third-order valence-electron chi connectivity index (χ3n) is 2.62. The van der Waals surface area contributed by atoms with Crippen molar-refractivity contribution < 1.29 is 18.3 Å². The maximum absolute atomic E-state index is 13.1. The van der Waals surface area contributed by atoms with E-state index in [4.69, 9.17) is 10.5 Å². The zero-order valence-corrected chi connectivity index (χ0v) is 12.8. The number of ether oxygens (including phenoxy) is 1. The summed E-state index contributed by atoms with van der Waals surface area (Å²) in [5.74, 6) is 0. The molecule has 2 unspecified atom stereocenters. The number of hydrogen-bond donors (Lipinski definition) is 2. The standard InChI is InChI=1S/C13H26F2N2O2/c1-11(2,3)8(13(7,16)9(14)15)17-10(18)19-12(4,5)6/h8-9H,16H2,1-7H3,(H,17,18). The van der Waals surface area contributed by atoms with Gasteiger partial charge in [0.05, 0.1) is 11.6 Å². The van der Waals surface area contributed by atoms with Gasteiger partial charge in [0.25, 0.3) is 6.43 Å². The van der Waals surface area contributed by atoms with E-state index < -0.39 is 35.1 Å². The minimum Gasteiger partial charge on any atom is -0.444 e. The minimum atomic E-state index is -2.76. The van der Waals surface area contributed by atoms with Crippen molar-refractivity contribution >= 4 is 6.09 Å². The molecule has 0 aliphatic rings. The second-order valence-corrected chi connectivity index (χ2v) is 7.11. The first-order valence-corrected chi connectivity index (χ1v) is 6.24. The normalized spacial score (nSPS) is 17.8. The first-order chi connectivity index (χ1) is 8.18. The summed E-state index contributed by atoms with van der Waals surface area (Å²) in [7, 11) is 0. The molecule has 1 amide bonds. The molecule has 2 atom stereocenters. The van der Waals surface area contributed by atoms with Crippen molar-refractivity contribution in [1.29, 1.82) is 0 Å². The van der Waals surface area contributed by atoms with Gasteiger partial charge in [0, 0.05) is 0 Å². The fourth-order valence-electron chi connectivity index (χ4n) is 1.86. The highest BCUT2D eigenvalue weighted by Gasteiger charge is 2.46. The van der Waals surface area contributed by atoms with E-state index >= 15 is 0 Å². The van der Waals surface area contributed by atoms with Crippen LogP contribution in [-0.4, -0.2) is 29.7 Å². The molecule has 0 heterocycles. The van der Waals surface area contributed by atoms with Crippen molar-refractivity contribution in [2.24, 2.45) is 11.1 Å². The number of nitrogens with one attached hydrogen (secondary N) is 1. The molecule has 4 nitrogen and oxygen atoms in total. The van der Waals surface area contributed by atoms with Crippen LogP contribution in [0.15, 0.2) is 0 Å². The molecule has 0 aromatic heterocycles. The van der Waals surface area contributed by atoms with Crippen LogP contribution in [0, 0.1) is 5.41 Å². The van der Waals surface area contributed by atoms with Gasteiger partial charge in [-0.15, -0.1) is 0 Å². The van der Waals surface area contributed by atoms with Crippen molar-refractivity contribution in [3.05, 3.63) is 0 Å². The van der Waals surface area contributed by atoms with Crippen LogP contribution < -0.4 is 11.1 Å². The fourth-order valence-corrected chi connectivity index (χ4v) is 1.86. The van der Waals surface area contributed by atoms with Gasteiger partial charge in [-0.05, 0) is 33.1 Å². The predicted octanol–water partition coefficient (Wildman–Crippen LogP) is 2.91. The Kier molecular flexibility index (Phi) is 5.34. The van der Waals surface area contributed by atoms with E-state index in [1.165, 1.54) is 6.92 Å². The lowest BCUT2D eigenvalue weighted by Gasteiger charge is -2.42. The molecule has 114 valence electrons. The Morgan fingerprint density at radius 3 is 1.79 bits per heavy atom. The molecule has 0 bridgehead atoms. The van der Waals surface area contributed by atoms with E-state index in [0.29, 0.717) is 0 Å². The average molecular weight is 280 g/mol. The molecule has 0 saturated carbocycles. The molecule has 0 aromatic rings. The lowest BCUT2D eigenvalue weighted by Crippen LogP contribution is -2.65. The zero-order chi connectivity index (χ0) is 15.6. The maximum atomic E-state index is 13.1. The molecule has 19 heavy (non-hydrogen) atoms. The fraction of sp³-hybridized carbons (Fsp3) is 0.923. The number of hydrogen-bond acceptors (Lipinski definition) is 3. The molecule has 0 radical (unpaired) electrons. The molecule has 0 spiro atoms. The Bertz CT molecular complexity index is 318. The summed E-state index contributed by atoms with van der Waals surface area (Å²) < 4.78 is 31.2. The summed E-state index contributed by atoms with van der Waals surface area (Å²) in [4.78, 5) is 11.8. The first-order valence-electron chi connectivity index (χ1n) is 6.24. The van der Waals surface area contributed by atoms with E-state index in [9.17, 15) is 13.6 Å². The lowest BCUT2D eigenvalue weighted by atomic mass is 9.75. The maximum Gasteiger partial charge on any atom is 0.407 e. The molecular formula is C13H26F2N2O2. The van der Waals surface area contributed by atoms with E-state index in [0.717, 1.165) is 0 Å². The summed E-state index contributed by atoms with van der Waals surface area (Å²) in [6.45, 7) is 11.5. The third kappa shape index (κ3) is 5.72. The van der Waals surface area contributed by atoms with E-state index in [1.54, 1.807) is 41.5 Å². The van der Waals surface area contributed by atoms with Gasteiger partial charge in [-0.1, -0.05) is 20.8 Å². The number of carbonyl (C=O) groups is 1. The van der Waals surface area contributed by atoms with Crippen LogP contribution in [0.5, 0.6) is 0 Å². The molecule has 3 N–H and O–H groups in total. The van der Waals surface area contributed by atoms with Crippen molar-refractivity contribution in [1.82, 2.24) is 5.32 Å². The molecule has 0 saturated heterocycles. The molecule has 6 heteroatoms. The molecule has 0 aliphatic heterocycles. The van der Waals surface area contributed by atoms with Crippen LogP contribution in [0.25, 0.3) is 0 Å². The van der Waals surface area contributed by atoms with Gasteiger partial charge < -0.3 is 15.8 Å². The van der Waals surface area contributed by atoms with Gasteiger partial charge in [0.1, 0.15) is 5.60 Å². The molecule has 0 aromatic carbocycles. The van der Waals surface area contributed by atoms with Gasteiger partial charge in [-0.2, -0.15) is 0 Å². The van der Waals surface area contributed by atoms with Crippen molar-refractivity contribution in [2.45, 2.75) is 72.1 Å². The van der Waals surface area contributed by atoms with Crippen molar-refractivity contribution in [2.75, 3.05) is 0 Å². The van der Waals surface area contributed by atoms with E-state index in [-0.39, 0.29) is 0 Å². The van der Waals surface area contributed by atoms with Gasteiger partial charge >= 0.3 is 6.09 Å². The Morgan fingerprint density at radius 1 is 1.11 bits per heavy atom. The molecule has 0 aliphatic carbocycles. The van der Waals surface area contributed by atoms with Crippen molar-refractivity contribution in [3.63, 3.8) is 0 Å². The SMILES string of the molecule is CC(C)(C)OC(=O)NC(C(C)(C)C)C(C)(N)C(F)F. The smallest absolute Gasteiger partial charge is 0.407 e. The van der Waals surface area contributed by atoms with Crippen LogP contribution in [0.4, 0.5) is 13.6 Å². The van der Waals surface area contributed by atoms with Crippen LogP contribution in [0.2, 0.25) is 0 Å². The number of amides is 1. The highest BCUT2D eigenvalue weighted by Crippen LogP contribution is 2.30. The van der Waals surface area contributed by atoms with Crippen LogP contribution >= 0.6 is 0 Å². The lowest BCUT2D eigenvalue weighted by molar-refractivity contribution is 0.00169. The zero-order valence-electron chi connectivity index (χ0n) is 12.8. The van der Waals surface area contributed by atoms with Gasteiger partial charge in [-0.3, -0.25) is 0 Å². The number of rotatable bonds is 3. The summed E-state index contributed by atoms with van der Waals surface area (Å²) in [6.07, 6.45) is -3.50. The topological polar surface area (TPSA) is 64.3 Å². The van der Waals surface area contributed by atoms with E-state index in [1.807, 2.05) is 0 Å². The Morgan fingerprint density at radius 2 is 1.53 bits per heavy atom. The number of halogens is 2. The highest BCUT2D eigenvalue weighted by molar-refractivity contribution is 5.68. The Balaban J connectivity index is 5.07. The van der Waals surface area contributed by atoms with Gasteiger partial charge in [0.15, 0.2) is 0 Å². The predicted molar refractivity (Wildman–Crippen MR) is 71.2 cm³/mol. The van der Waals surface area contributed by atoms with E-state index in [2.05, 4.69) is 5.32 Å². The Hall–Kier alpha value is -0.910. The second kappa shape index (κ2) is 5.61. The molecule has 0 rings (SSSR count). The Labute approximate surface area is 114 Å². The highest BCUT2D eigenvalue weighted by atomic mass is 19.3. The summed E-state index contributed by atoms with van der Waals surface area (Å²) in [6, 6.07) is -0.921. The summed E-state index contributed by atoms with van der Waals surface area (Å²) in [5, 5.41) is 2.47. The van der Waals surface area contributed by atoms with Gasteiger partial charge in [0.2, 0.25) is 0 Å². The number of alkyl carbamates (subject to hydrolysis) is 1. The quantitative estimate of drug-likeness (QED) is 0.835. The monoisotopic (exact) mass is 280 g/mol. The third-order valence-corrected chi connectivity index (χ3v) is 2.62. The van der Waals surface area contributed by atoms with Crippen LogP contribution in [0.1, 0.15) is 48.5 Å². The molecular weight excluding hydrogens is 254 g/mol. The average Bonchev–Trinajstić information content (AvgIpc) is 2.08. The van der Waals surface area contributed by atoms with Crippen LogP contribution in [-0.2, 0) is 4.74 Å². The second-order valence-electron chi connectivity index (χ2n) is 7.11. The van der Waals surface area contributed by atoms with Crippen molar-refractivity contribution in [3.8, 4) is 0 Å². The van der Waals surface area contributed by atoms with Gasteiger partial charge in [-0.25, -0.2) is 13.6 Å². The largest absolute Gasteiger partial charge is 0.444 e. The summed E-state index contributed by atoms with van der Waals surface area (Å²) in [5.41, 5.74) is 2.52. The first kappa shape index (κ1) is 18.1. The number of alkyl halides is 2. The minimum absolute atomic E-state index is 0.628. The van der Waals surface area contributed by atoms with Crippen LogP contribution in [0.3, 0.4) is 0 Å².